The highest BCUT2D eigenvalue weighted by atomic mass is 32.1. The highest BCUT2D eigenvalue weighted by Gasteiger charge is 2.12. The van der Waals surface area contributed by atoms with Crippen LogP contribution in [-0.2, 0) is 6.42 Å². The van der Waals surface area contributed by atoms with Crippen molar-refractivity contribution in [2.45, 2.75) is 25.8 Å². The average molecular weight is 213 g/mol. The maximum absolute atomic E-state index is 4.23. The van der Waals surface area contributed by atoms with E-state index in [0.717, 1.165) is 19.5 Å². The Hall–Kier alpha value is -0.450. The molecule has 1 aromatic heterocycles. The van der Waals surface area contributed by atoms with Gasteiger partial charge in [-0.3, -0.25) is 0 Å². The molecular formula is C10H19N3S. The van der Waals surface area contributed by atoms with Gasteiger partial charge in [0.25, 0.3) is 0 Å². The minimum absolute atomic E-state index is 0.169. The molecule has 14 heavy (non-hydrogen) atoms. The molecule has 0 amide bonds. The largest absolute Gasteiger partial charge is 0.315 e. The Kier molecular flexibility index (Phi) is 4.51. The van der Waals surface area contributed by atoms with Crippen LogP contribution in [0.15, 0.2) is 10.9 Å². The normalized spacial score (nSPS) is 11.9. The van der Waals surface area contributed by atoms with Crippen LogP contribution < -0.4 is 10.6 Å². The molecule has 0 aliphatic rings. The van der Waals surface area contributed by atoms with E-state index in [1.54, 1.807) is 11.3 Å². The van der Waals surface area contributed by atoms with Gasteiger partial charge >= 0.3 is 0 Å². The molecule has 0 aromatic carbocycles. The number of hydrogen-bond donors (Lipinski definition) is 2. The molecule has 0 saturated carbocycles. The SMILES string of the molecule is CNC(C)(C)CNCCc1cscn1. The minimum Gasteiger partial charge on any atom is -0.315 e. The number of thiazole rings is 1. The van der Waals surface area contributed by atoms with Crippen molar-refractivity contribution < 1.29 is 0 Å². The highest BCUT2D eigenvalue weighted by Crippen LogP contribution is 2.01. The third kappa shape index (κ3) is 4.17. The lowest BCUT2D eigenvalue weighted by molar-refractivity contribution is 0.395. The van der Waals surface area contributed by atoms with Crippen LogP contribution >= 0.6 is 11.3 Å². The Labute approximate surface area is 89.9 Å². The lowest BCUT2D eigenvalue weighted by Gasteiger charge is -2.24. The van der Waals surface area contributed by atoms with Crippen LogP contribution in [-0.4, -0.2) is 30.7 Å². The number of nitrogens with one attached hydrogen (secondary N) is 2. The number of nitrogens with zero attached hydrogens (tertiary/aromatic N) is 1. The lowest BCUT2D eigenvalue weighted by atomic mass is 10.1. The van der Waals surface area contributed by atoms with Crippen molar-refractivity contribution in [2.24, 2.45) is 0 Å². The molecule has 1 heterocycles. The van der Waals surface area contributed by atoms with E-state index in [-0.39, 0.29) is 5.54 Å². The van der Waals surface area contributed by atoms with Gasteiger partial charge in [-0.1, -0.05) is 0 Å². The number of hydrogen-bond acceptors (Lipinski definition) is 4. The molecule has 3 nitrogen and oxygen atoms in total. The summed E-state index contributed by atoms with van der Waals surface area (Å²) in [6.45, 7) is 6.34. The molecular weight excluding hydrogens is 194 g/mol. The van der Waals surface area contributed by atoms with Crippen molar-refractivity contribution in [1.29, 1.82) is 0 Å². The molecule has 80 valence electrons. The van der Waals surface area contributed by atoms with E-state index in [0.29, 0.717) is 0 Å². The summed E-state index contributed by atoms with van der Waals surface area (Å²) < 4.78 is 0. The Morgan fingerprint density at radius 1 is 1.50 bits per heavy atom. The summed E-state index contributed by atoms with van der Waals surface area (Å²) in [5.74, 6) is 0. The molecule has 0 aliphatic carbocycles. The standard InChI is InChI=1S/C10H19N3S/c1-10(2,11-3)7-12-5-4-9-6-14-8-13-9/h6,8,11-12H,4-5,7H2,1-3H3. The van der Waals surface area contributed by atoms with E-state index in [4.69, 9.17) is 0 Å². The van der Waals surface area contributed by atoms with Gasteiger partial charge in [-0.25, -0.2) is 4.98 Å². The predicted octanol–water partition coefficient (Wildman–Crippen LogP) is 1.27. The third-order valence-corrected chi connectivity index (χ3v) is 2.92. The Morgan fingerprint density at radius 3 is 2.86 bits per heavy atom. The summed E-state index contributed by atoms with van der Waals surface area (Å²) in [5, 5.41) is 8.78. The van der Waals surface area contributed by atoms with Gasteiger partial charge in [-0.05, 0) is 20.9 Å². The molecule has 2 N–H and O–H groups in total. The first-order valence-corrected chi connectivity index (χ1v) is 5.85. The van der Waals surface area contributed by atoms with Gasteiger partial charge in [0.1, 0.15) is 0 Å². The Morgan fingerprint density at radius 2 is 2.29 bits per heavy atom. The molecule has 0 saturated heterocycles. The lowest BCUT2D eigenvalue weighted by Crippen LogP contribution is -2.46. The maximum Gasteiger partial charge on any atom is 0.0794 e. The fraction of sp³-hybridized carbons (Fsp3) is 0.700. The van der Waals surface area contributed by atoms with Crippen LogP contribution in [0.25, 0.3) is 0 Å². The Bertz CT molecular complexity index is 244. The number of likely N-dealkylation sites (N-methyl/N-ethyl adjacent to an activating group) is 1. The van der Waals surface area contributed by atoms with E-state index in [1.165, 1.54) is 5.69 Å². The van der Waals surface area contributed by atoms with E-state index in [2.05, 4.69) is 34.8 Å². The molecule has 0 fully saturated rings. The smallest absolute Gasteiger partial charge is 0.0794 e. The maximum atomic E-state index is 4.23. The van der Waals surface area contributed by atoms with Crippen LogP contribution in [0.3, 0.4) is 0 Å². The molecule has 0 aliphatic heterocycles. The molecule has 0 spiro atoms. The van der Waals surface area contributed by atoms with Crippen molar-refractivity contribution in [2.75, 3.05) is 20.1 Å². The monoisotopic (exact) mass is 213 g/mol. The molecule has 1 rings (SSSR count). The van der Waals surface area contributed by atoms with Gasteiger partial charge in [-0.15, -0.1) is 11.3 Å². The third-order valence-electron chi connectivity index (χ3n) is 2.29. The summed E-state index contributed by atoms with van der Waals surface area (Å²) in [7, 11) is 1.99. The molecule has 0 unspecified atom stereocenters. The number of aromatic nitrogens is 1. The first-order chi connectivity index (χ1) is 6.64. The fourth-order valence-corrected chi connectivity index (χ4v) is 1.66. The summed E-state index contributed by atoms with van der Waals surface area (Å²) >= 11 is 1.66. The molecule has 0 atom stereocenters. The van der Waals surface area contributed by atoms with Crippen LogP contribution in [0.5, 0.6) is 0 Å². The van der Waals surface area contributed by atoms with Gasteiger partial charge in [0, 0.05) is 30.4 Å². The summed E-state index contributed by atoms with van der Waals surface area (Å²) in [6, 6.07) is 0. The minimum atomic E-state index is 0.169. The zero-order chi connectivity index (χ0) is 10.4. The quantitative estimate of drug-likeness (QED) is 0.699. The van der Waals surface area contributed by atoms with Crippen LogP contribution in [0.4, 0.5) is 0 Å². The Balaban J connectivity index is 2.11. The second-order valence-electron chi connectivity index (χ2n) is 4.04. The topological polar surface area (TPSA) is 37.0 Å². The van der Waals surface area contributed by atoms with Gasteiger partial charge in [-0.2, -0.15) is 0 Å². The van der Waals surface area contributed by atoms with Gasteiger partial charge < -0.3 is 10.6 Å². The van der Waals surface area contributed by atoms with Crippen LogP contribution in [0.2, 0.25) is 0 Å². The molecule has 1 aromatic rings. The van der Waals surface area contributed by atoms with E-state index in [1.807, 2.05) is 12.6 Å². The average Bonchev–Trinajstić information content (AvgIpc) is 2.65. The van der Waals surface area contributed by atoms with E-state index in [9.17, 15) is 0 Å². The first kappa shape index (κ1) is 11.6. The second kappa shape index (κ2) is 5.44. The predicted molar refractivity (Wildman–Crippen MR) is 61.8 cm³/mol. The van der Waals surface area contributed by atoms with E-state index >= 15 is 0 Å². The van der Waals surface area contributed by atoms with Gasteiger partial charge in [0.05, 0.1) is 11.2 Å². The van der Waals surface area contributed by atoms with Crippen LogP contribution in [0, 0.1) is 0 Å². The first-order valence-electron chi connectivity index (χ1n) is 4.91. The van der Waals surface area contributed by atoms with Crippen molar-refractivity contribution in [3.8, 4) is 0 Å². The summed E-state index contributed by atoms with van der Waals surface area (Å²) in [6.07, 6.45) is 1.02. The molecule has 4 heteroatoms. The van der Waals surface area contributed by atoms with Crippen molar-refractivity contribution >= 4 is 11.3 Å². The fourth-order valence-electron chi connectivity index (χ4n) is 1.07. The zero-order valence-electron chi connectivity index (χ0n) is 9.13. The van der Waals surface area contributed by atoms with E-state index < -0.39 is 0 Å². The second-order valence-corrected chi connectivity index (χ2v) is 4.76. The van der Waals surface area contributed by atoms with Crippen LogP contribution in [0.1, 0.15) is 19.5 Å². The zero-order valence-corrected chi connectivity index (χ0v) is 9.95. The van der Waals surface area contributed by atoms with Gasteiger partial charge in [0.15, 0.2) is 0 Å². The van der Waals surface area contributed by atoms with Crippen molar-refractivity contribution in [3.05, 3.63) is 16.6 Å². The van der Waals surface area contributed by atoms with Crippen molar-refractivity contribution in [1.82, 2.24) is 15.6 Å². The number of rotatable bonds is 6. The highest BCUT2D eigenvalue weighted by molar-refractivity contribution is 7.07. The van der Waals surface area contributed by atoms with Crippen molar-refractivity contribution in [3.63, 3.8) is 0 Å². The molecule has 0 bridgehead atoms. The molecule has 0 radical (unpaired) electrons. The summed E-state index contributed by atoms with van der Waals surface area (Å²) in [4.78, 5) is 4.23. The van der Waals surface area contributed by atoms with Gasteiger partial charge in [0.2, 0.25) is 0 Å². The summed E-state index contributed by atoms with van der Waals surface area (Å²) in [5.41, 5.74) is 3.24.